The minimum Gasteiger partial charge on any atom is -0.326 e. The van der Waals surface area contributed by atoms with Gasteiger partial charge in [-0.15, -0.1) is 0 Å². The van der Waals surface area contributed by atoms with E-state index in [1.165, 1.54) is 21.8 Å². The number of benzene rings is 1. The number of carbonyl (C=O) groups excluding carboxylic acids is 1. The topological polar surface area (TPSA) is 81.8 Å². The highest BCUT2D eigenvalue weighted by Crippen LogP contribution is 2.20. The number of hydrogen-bond donors (Lipinski definition) is 1. The van der Waals surface area contributed by atoms with E-state index in [1.807, 2.05) is 13.0 Å². The Morgan fingerprint density at radius 2 is 2.17 bits per heavy atom. The summed E-state index contributed by atoms with van der Waals surface area (Å²) in [5.41, 5.74) is 1.88. The van der Waals surface area contributed by atoms with Crippen LogP contribution in [-0.4, -0.2) is 25.2 Å². The van der Waals surface area contributed by atoms with Crippen molar-refractivity contribution in [1.29, 1.82) is 0 Å². The molecule has 0 saturated heterocycles. The number of anilines is 1. The molecule has 1 aromatic carbocycles. The lowest BCUT2D eigenvalue weighted by molar-refractivity contribution is -0.116. The van der Waals surface area contributed by atoms with Gasteiger partial charge in [0, 0.05) is 30.7 Å². The lowest BCUT2D eigenvalue weighted by Gasteiger charge is -2.08. The van der Waals surface area contributed by atoms with Gasteiger partial charge >= 0.3 is 0 Å². The first-order valence-electron chi connectivity index (χ1n) is 7.39. The lowest BCUT2D eigenvalue weighted by Crippen LogP contribution is -2.23. The molecule has 0 aliphatic heterocycles. The first kappa shape index (κ1) is 16.2. The standard InChI is InChI=1S/C16H16ClN5O2/c1-10-3-4-11(7-13(10)17)20-14(23)5-6-22-9-18-15-12(16(22)24)8-19-21(15)2/h3-4,7-9H,5-6H2,1-2H3,(H,20,23). The highest BCUT2D eigenvalue weighted by molar-refractivity contribution is 6.31. The van der Waals surface area contributed by atoms with Crippen molar-refractivity contribution in [2.75, 3.05) is 5.32 Å². The van der Waals surface area contributed by atoms with Crippen molar-refractivity contribution >= 4 is 34.2 Å². The average Bonchev–Trinajstić information content (AvgIpc) is 2.92. The highest BCUT2D eigenvalue weighted by Gasteiger charge is 2.10. The van der Waals surface area contributed by atoms with E-state index in [0.29, 0.717) is 21.7 Å². The largest absolute Gasteiger partial charge is 0.326 e. The van der Waals surface area contributed by atoms with Crippen molar-refractivity contribution in [3.8, 4) is 0 Å². The first-order chi connectivity index (χ1) is 11.5. The Morgan fingerprint density at radius 3 is 2.92 bits per heavy atom. The van der Waals surface area contributed by atoms with Crippen LogP contribution in [0.4, 0.5) is 5.69 Å². The van der Waals surface area contributed by atoms with Crippen LogP contribution in [-0.2, 0) is 18.4 Å². The van der Waals surface area contributed by atoms with Crippen LogP contribution in [0, 0.1) is 6.92 Å². The van der Waals surface area contributed by atoms with Crippen molar-refractivity contribution in [1.82, 2.24) is 19.3 Å². The van der Waals surface area contributed by atoms with E-state index in [0.717, 1.165) is 5.56 Å². The van der Waals surface area contributed by atoms with Crippen LogP contribution in [0.1, 0.15) is 12.0 Å². The zero-order chi connectivity index (χ0) is 17.3. The van der Waals surface area contributed by atoms with E-state index >= 15 is 0 Å². The summed E-state index contributed by atoms with van der Waals surface area (Å²) in [6.07, 6.45) is 3.07. The second-order valence-corrected chi connectivity index (χ2v) is 5.92. The second-order valence-electron chi connectivity index (χ2n) is 5.51. The predicted molar refractivity (Wildman–Crippen MR) is 92.2 cm³/mol. The third-order valence-corrected chi connectivity index (χ3v) is 4.16. The maximum Gasteiger partial charge on any atom is 0.264 e. The fourth-order valence-electron chi connectivity index (χ4n) is 2.34. The predicted octanol–water partition coefficient (Wildman–Crippen LogP) is 2.12. The Bertz CT molecular complexity index is 976. The van der Waals surface area contributed by atoms with Crippen LogP contribution in [0.15, 0.2) is 35.5 Å². The normalized spacial score (nSPS) is 11.0. The molecule has 0 aliphatic rings. The molecule has 0 bridgehead atoms. The number of carbonyl (C=O) groups is 1. The summed E-state index contributed by atoms with van der Waals surface area (Å²) in [4.78, 5) is 28.6. The number of aryl methyl sites for hydroxylation is 3. The molecule has 0 fully saturated rings. The Hall–Kier alpha value is -2.67. The number of amides is 1. The summed E-state index contributed by atoms with van der Waals surface area (Å²) >= 11 is 6.04. The maximum absolute atomic E-state index is 12.3. The summed E-state index contributed by atoms with van der Waals surface area (Å²) in [5, 5.41) is 7.81. The van der Waals surface area contributed by atoms with Crippen molar-refractivity contribution in [2.45, 2.75) is 19.9 Å². The van der Waals surface area contributed by atoms with Crippen molar-refractivity contribution in [2.24, 2.45) is 7.05 Å². The number of nitrogens with zero attached hydrogens (tertiary/aromatic N) is 4. The third kappa shape index (κ3) is 3.16. The van der Waals surface area contributed by atoms with Gasteiger partial charge in [-0.3, -0.25) is 18.8 Å². The van der Waals surface area contributed by atoms with E-state index in [1.54, 1.807) is 19.2 Å². The van der Waals surface area contributed by atoms with Crippen molar-refractivity contribution < 1.29 is 4.79 Å². The number of aromatic nitrogens is 4. The minimum absolute atomic E-state index is 0.152. The van der Waals surface area contributed by atoms with Gasteiger partial charge in [0.05, 0.1) is 12.5 Å². The van der Waals surface area contributed by atoms with Crippen molar-refractivity contribution in [3.05, 3.63) is 51.7 Å². The zero-order valence-electron chi connectivity index (χ0n) is 13.3. The molecule has 7 nitrogen and oxygen atoms in total. The molecular weight excluding hydrogens is 330 g/mol. The number of halogens is 1. The molecule has 0 spiro atoms. The molecule has 3 aromatic rings. The zero-order valence-corrected chi connectivity index (χ0v) is 14.0. The van der Waals surface area contributed by atoms with Gasteiger partial charge in [0.25, 0.3) is 5.56 Å². The van der Waals surface area contributed by atoms with Gasteiger partial charge in [0.2, 0.25) is 5.91 Å². The highest BCUT2D eigenvalue weighted by atomic mass is 35.5. The Balaban J connectivity index is 1.69. The van der Waals surface area contributed by atoms with Crippen molar-refractivity contribution in [3.63, 3.8) is 0 Å². The van der Waals surface area contributed by atoms with E-state index < -0.39 is 0 Å². The fourth-order valence-corrected chi connectivity index (χ4v) is 2.52. The number of fused-ring (bicyclic) bond motifs is 1. The number of hydrogen-bond acceptors (Lipinski definition) is 4. The molecular formula is C16H16ClN5O2. The molecule has 2 aromatic heterocycles. The molecule has 0 unspecified atom stereocenters. The Kier molecular flexibility index (Phi) is 4.35. The van der Waals surface area contributed by atoms with E-state index in [2.05, 4.69) is 15.4 Å². The van der Waals surface area contributed by atoms with Crippen LogP contribution in [0.2, 0.25) is 5.02 Å². The molecule has 0 aliphatic carbocycles. The molecule has 0 saturated carbocycles. The quantitative estimate of drug-likeness (QED) is 0.785. The number of nitrogens with one attached hydrogen (secondary N) is 1. The summed E-state index contributed by atoms with van der Waals surface area (Å²) in [5.74, 6) is -0.201. The average molecular weight is 346 g/mol. The fraction of sp³-hybridized carbons (Fsp3) is 0.250. The van der Waals surface area contributed by atoms with E-state index in [9.17, 15) is 9.59 Å². The summed E-state index contributed by atoms with van der Waals surface area (Å²) in [6.45, 7) is 2.13. The van der Waals surface area contributed by atoms with Gasteiger partial charge < -0.3 is 5.32 Å². The monoisotopic (exact) mass is 345 g/mol. The van der Waals surface area contributed by atoms with E-state index in [-0.39, 0.29) is 24.4 Å². The number of rotatable bonds is 4. The van der Waals surface area contributed by atoms with Crippen LogP contribution >= 0.6 is 11.6 Å². The molecule has 3 rings (SSSR count). The molecule has 24 heavy (non-hydrogen) atoms. The molecule has 8 heteroatoms. The Labute approximate surface area is 142 Å². The van der Waals surface area contributed by atoms with Crippen LogP contribution < -0.4 is 10.9 Å². The second kappa shape index (κ2) is 6.45. The van der Waals surface area contributed by atoms with Gasteiger partial charge in [-0.1, -0.05) is 17.7 Å². The maximum atomic E-state index is 12.3. The molecule has 1 N–H and O–H groups in total. The minimum atomic E-state index is -0.209. The van der Waals surface area contributed by atoms with Gasteiger partial charge in [-0.25, -0.2) is 4.98 Å². The molecule has 124 valence electrons. The van der Waals surface area contributed by atoms with Crippen LogP contribution in [0.25, 0.3) is 11.0 Å². The molecule has 1 amide bonds. The molecule has 0 atom stereocenters. The molecule has 2 heterocycles. The van der Waals surface area contributed by atoms with Gasteiger partial charge in [-0.2, -0.15) is 5.10 Å². The van der Waals surface area contributed by atoms with Gasteiger partial charge in [0.15, 0.2) is 5.65 Å². The lowest BCUT2D eigenvalue weighted by atomic mass is 10.2. The van der Waals surface area contributed by atoms with E-state index in [4.69, 9.17) is 11.6 Å². The summed E-state index contributed by atoms with van der Waals surface area (Å²) in [7, 11) is 1.72. The van der Waals surface area contributed by atoms with Crippen LogP contribution in [0.5, 0.6) is 0 Å². The summed E-state index contributed by atoms with van der Waals surface area (Å²) < 4.78 is 2.95. The Morgan fingerprint density at radius 1 is 1.38 bits per heavy atom. The van der Waals surface area contributed by atoms with Gasteiger partial charge in [-0.05, 0) is 24.6 Å². The van der Waals surface area contributed by atoms with Crippen LogP contribution in [0.3, 0.4) is 0 Å². The third-order valence-electron chi connectivity index (χ3n) is 3.75. The SMILES string of the molecule is Cc1ccc(NC(=O)CCn2cnc3c(cnn3C)c2=O)cc1Cl. The smallest absolute Gasteiger partial charge is 0.264 e. The first-order valence-corrected chi connectivity index (χ1v) is 7.76. The molecule has 0 radical (unpaired) electrons. The summed E-state index contributed by atoms with van der Waals surface area (Å²) in [6, 6.07) is 5.32. The van der Waals surface area contributed by atoms with Gasteiger partial charge in [0.1, 0.15) is 5.39 Å².